The molecule has 0 saturated carbocycles. The smallest absolute Gasteiger partial charge is 0.120 e. The topological polar surface area (TPSA) is 63.7 Å². The van der Waals surface area contributed by atoms with Crippen LogP contribution in [0, 0.1) is 0 Å². The van der Waals surface area contributed by atoms with Gasteiger partial charge < -0.3 is 14.8 Å². The Morgan fingerprint density at radius 2 is 1.89 bits per heavy atom. The molecule has 0 aliphatic carbocycles. The number of H-pyrrole nitrogens is 1. The second-order valence-electron chi connectivity index (χ2n) is 9.61. The van der Waals surface area contributed by atoms with Crippen LogP contribution in [0.5, 0.6) is 0 Å². The van der Waals surface area contributed by atoms with Crippen LogP contribution in [0.2, 0.25) is 0 Å². The van der Waals surface area contributed by atoms with Gasteiger partial charge in [-0.15, -0.1) is 11.3 Å². The second kappa shape index (κ2) is 13.1. The van der Waals surface area contributed by atoms with Crippen LogP contribution in [0.25, 0.3) is 10.2 Å². The van der Waals surface area contributed by atoms with Crippen molar-refractivity contribution in [3.8, 4) is 0 Å². The van der Waals surface area contributed by atoms with E-state index in [9.17, 15) is 0 Å². The predicted molar refractivity (Wildman–Crippen MR) is 147 cm³/mol. The summed E-state index contributed by atoms with van der Waals surface area (Å²) in [7, 11) is 2.13. The fourth-order valence-electron chi connectivity index (χ4n) is 4.78. The van der Waals surface area contributed by atoms with Crippen LogP contribution in [0.3, 0.4) is 0 Å². The molecule has 0 amide bonds. The molecule has 1 aliphatic heterocycles. The van der Waals surface area contributed by atoms with Crippen molar-refractivity contribution in [1.82, 2.24) is 29.7 Å². The average Bonchev–Trinajstić information content (AvgIpc) is 3.59. The third-order valence-electron chi connectivity index (χ3n) is 6.56. The van der Waals surface area contributed by atoms with Crippen LogP contribution in [0.15, 0.2) is 35.6 Å². The van der Waals surface area contributed by atoms with E-state index in [0.717, 1.165) is 56.3 Å². The first-order chi connectivity index (χ1) is 17.1. The molecule has 35 heavy (non-hydrogen) atoms. The van der Waals surface area contributed by atoms with Crippen molar-refractivity contribution >= 4 is 27.4 Å². The molecule has 1 aliphatic rings. The molecule has 1 N–H and O–H groups in total. The molecule has 0 atom stereocenters. The number of nitrogens with zero attached hydrogens (tertiary/aromatic N) is 6. The van der Waals surface area contributed by atoms with E-state index in [0.29, 0.717) is 0 Å². The minimum atomic E-state index is 0.771. The number of nitrogens with one attached hydrogen (secondary N) is 1. The molecule has 3 aromatic rings. The molecular weight excluding hydrogens is 454 g/mol. The summed E-state index contributed by atoms with van der Waals surface area (Å²) in [5.74, 6) is 2.14. The maximum atomic E-state index is 5.00. The van der Waals surface area contributed by atoms with Gasteiger partial charge in [0.1, 0.15) is 11.7 Å². The lowest BCUT2D eigenvalue weighted by molar-refractivity contribution is 0.269. The van der Waals surface area contributed by atoms with E-state index in [1.54, 1.807) is 0 Å². The van der Waals surface area contributed by atoms with Gasteiger partial charge in [0.05, 0.1) is 34.9 Å². The van der Waals surface area contributed by atoms with Crippen molar-refractivity contribution in [3.63, 3.8) is 0 Å². The molecular formula is C27H41N7S. The third-order valence-corrected chi connectivity index (χ3v) is 7.66. The van der Waals surface area contributed by atoms with Gasteiger partial charge in [-0.25, -0.2) is 9.97 Å². The molecule has 1 aromatic carbocycles. The first-order valence-electron chi connectivity index (χ1n) is 13.2. The first-order valence-corrected chi connectivity index (χ1v) is 14.0. The number of hydrogen-bond acceptors (Lipinski definition) is 7. The molecule has 3 heterocycles. The maximum Gasteiger partial charge on any atom is 0.120 e. The van der Waals surface area contributed by atoms with Gasteiger partial charge in [0.2, 0.25) is 0 Å². The Hall–Kier alpha value is -2.29. The van der Waals surface area contributed by atoms with Gasteiger partial charge >= 0.3 is 0 Å². The quantitative estimate of drug-likeness (QED) is 0.307. The fourth-order valence-corrected chi connectivity index (χ4v) is 5.77. The number of aromatic nitrogens is 3. The molecule has 0 radical (unpaired) electrons. The summed E-state index contributed by atoms with van der Waals surface area (Å²) in [5.41, 5.74) is 2.42. The lowest BCUT2D eigenvalue weighted by Gasteiger charge is -2.24. The van der Waals surface area contributed by atoms with Gasteiger partial charge in [-0.05, 0) is 69.4 Å². The van der Waals surface area contributed by atoms with Crippen molar-refractivity contribution < 1.29 is 0 Å². The standard InChI is InChI=1S/C27H41N7S/c1-4-14-33(15-5-2)16-7-6-8-27-31-23-18-22(9-10-24(23)35-27)19-34(20-25-28-11-12-29-25)21-26-30-13-17-32(26)3/h9-12,18H,4-8,13-17,19-21H2,1-3H3,(H,28,29). The molecule has 8 heteroatoms. The largest absolute Gasteiger partial charge is 0.360 e. The zero-order valence-electron chi connectivity index (χ0n) is 21.7. The zero-order valence-corrected chi connectivity index (χ0v) is 22.5. The lowest BCUT2D eigenvalue weighted by atomic mass is 10.2. The molecule has 0 unspecified atom stereocenters. The van der Waals surface area contributed by atoms with E-state index in [2.05, 4.69) is 63.8 Å². The van der Waals surface area contributed by atoms with E-state index in [1.165, 1.54) is 60.6 Å². The molecule has 0 bridgehead atoms. The van der Waals surface area contributed by atoms with Gasteiger partial charge in [-0.1, -0.05) is 19.9 Å². The summed E-state index contributed by atoms with van der Waals surface area (Å²) in [4.78, 5) is 24.7. The van der Waals surface area contributed by atoms with Gasteiger partial charge in [0.25, 0.3) is 0 Å². The molecule has 2 aromatic heterocycles. The maximum absolute atomic E-state index is 5.00. The summed E-state index contributed by atoms with van der Waals surface area (Å²) in [5, 5.41) is 1.27. The number of aromatic amines is 1. The Morgan fingerprint density at radius 3 is 2.60 bits per heavy atom. The van der Waals surface area contributed by atoms with E-state index >= 15 is 0 Å². The van der Waals surface area contributed by atoms with E-state index < -0.39 is 0 Å². The molecule has 0 fully saturated rings. The van der Waals surface area contributed by atoms with Crippen molar-refractivity contribution in [2.45, 2.75) is 59.0 Å². The highest BCUT2D eigenvalue weighted by Gasteiger charge is 2.18. The number of fused-ring (bicyclic) bond motifs is 1. The third kappa shape index (κ3) is 7.59. The Balaban J connectivity index is 1.36. The molecule has 190 valence electrons. The summed E-state index contributed by atoms with van der Waals surface area (Å²) in [6, 6.07) is 6.78. The van der Waals surface area contributed by atoms with Crippen molar-refractivity contribution in [2.24, 2.45) is 4.99 Å². The van der Waals surface area contributed by atoms with Gasteiger partial charge in [0.15, 0.2) is 0 Å². The highest BCUT2D eigenvalue weighted by Crippen LogP contribution is 2.25. The van der Waals surface area contributed by atoms with Gasteiger partial charge in [-0.2, -0.15) is 0 Å². The number of thiazole rings is 1. The van der Waals surface area contributed by atoms with Crippen LogP contribution in [-0.2, 0) is 19.5 Å². The Bertz CT molecular complexity index is 1050. The number of unbranched alkanes of at least 4 members (excludes halogenated alkanes) is 1. The van der Waals surface area contributed by atoms with Crippen LogP contribution < -0.4 is 0 Å². The molecule has 0 saturated heterocycles. The Kier molecular flexibility index (Phi) is 9.68. The summed E-state index contributed by atoms with van der Waals surface area (Å²) >= 11 is 1.86. The van der Waals surface area contributed by atoms with Crippen molar-refractivity contribution in [3.05, 3.63) is 47.0 Å². The summed E-state index contributed by atoms with van der Waals surface area (Å²) in [6.07, 6.45) is 9.73. The number of rotatable bonds is 15. The Labute approximate surface area is 214 Å². The monoisotopic (exact) mass is 495 g/mol. The predicted octanol–water partition coefficient (Wildman–Crippen LogP) is 4.81. The van der Waals surface area contributed by atoms with Gasteiger partial charge in [0, 0.05) is 32.5 Å². The number of amidine groups is 1. The van der Waals surface area contributed by atoms with Crippen LogP contribution in [0.1, 0.15) is 55.9 Å². The fraction of sp³-hybridized carbons (Fsp3) is 0.593. The Morgan fingerprint density at radius 1 is 1.03 bits per heavy atom. The average molecular weight is 496 g/mol. The highest BCUT2D eigenvalue weighted by molar-refractivity contribution is 7.18. The van der Waals surface area contributed by atoms with Crippen molar-refractivity contribution in [1.29, 1.82) is 0 Å². The molecule has 4 rings (SSSR count). The zero-order chi connectivity index (χ0) is 24.5. The molecule has 0 spiro atoms. The van der Waals surface area contributed by atoms with Gasteiger partial charge in [-0.3, -0.25) is 9.89 Å². The number of likely N-dealkylation sites (N-methyl/N-ethyl adjacent to an activating group) is 1. The van der Waals surface area contributed by atoms with Crippen LogP contribution in [-0.4, -0.2) is 81.8 Å². The van der Waals surface area contributed by atoms with E-state index in [1.807, 2.05) is 23.7 Å². The minimum Gasteiger partial charge on any atom is -0.360 e. The highest BCUT2D eigenvalue weighted by atomic mass is 32.1. The number of imidazole rings is 1. The summed E-state index contributed by atoms with van der Waals surface area (Å²) in [6.45, 7) is 12.5. The van der Waals surface area contributed by atoms with Crippen molar-refractivity contribution in [2.75, 3.05) is 46.3 Å². The molecule has 7 nitrogen and oxygen atoms in total. The van der Waals surface area contributed by atoms with E-state index in [-0.39, 0.29) is 0 Å². The lowest BCUT2D eigenvalue weighted by Crippen LogP contribution is -2.36. The van der Waals surface area contributed by atoms with Crippen LogP contribution >= 0.6 is 11.3 Å². The number of aryl methyl sites for hydroxylation is 1. The number of aliphatic imine (C=N–C) groups is 1. The number of hydrogen-bond donors (Lipinski definition) is 1. The first kappa shape index (κ1) is 25.8. The van der Waals surface area contributed by atoms with Crippen LogP contribution in [0.4, 0.5) is 0 Å². The van der Waals surface area contributed by atoms with E-state index in [4.69, 9.17) is 9.98 Å². The normalized spacial score (nSPS) is 14.1. The summed E-state index contributed by atoms with van der Waals surface area (Å²) < 4.78 is 1.29. The number of benzene rings is 1. The minimum absolute atomic E-state index is 0.771. The SMILES string of the molecule is CCCN(CCC)CCCCc1nc2cc(CN(CC3=NCCN3C)Cc3ncc[nH]3)ccc2s1. The second-order valence-corrected chi connectivity index (χ2v) is 10.7.